The molecule has 4 aromatic rings. The standard InChI is InChI=1S/C19H19N7O.C5H13N.CH2O/c20-19(18-24-14-2-1-12(10-27)9-15(14)25-18)4-7-26(8-5-19)17-13-3-6-21-16(13)22-11-23-17;1-4-6(3)5-2;1-2/h1-3,6,9-11H,4-5,7-8,20H2,(H,24,25)(H,21,22,23);4-5H2,1-3H3;1H2. The molecule has 0 amide bonds. The number of aromatic nitrogens is 5. The van der Waals surface area contributed by atoms with E-state index in [1.54, 1.807) is 18.5 Å². The largest absolute Gasteiger partial charge is 0.356 e. The number of hydrogen-bond donors (Lipinski definition) is 3. The zero-order chi connectivity index (χ0) is 25.4. The van der Waals surface area contributed by atoms with E-state index >= 15 is 0 Å². The molecule has 10 heteroatoms. The molecule has 0 unspecified atom stereocenters. The van der Waals surface area contributed by atoms with Crippen molar-refractivity contribution in [3.05, 3.63) is 48.2 Å². The van der Waals surface area contributed by atoms with Gasteiger partial charge in [0, 0.05) is 24.8 Å². The first-order valence-corrected chi connectivity index (χ1v) is 11.7. The lowest BCUT2D eigenvalue weighted by Crippen LogP contribution is -2.49. The molecular weight excluding hydrogens is 444 g/mol. The van der Waals surface area contributed by atoms with Crippen molar-refractivity contribution in [3.8, 4) is 0 Å². The minimum Gasteiger partial charge on any atom is -0.356 e. The van der Waals surface area contributed by atoms with Gasteiger partial charge in [-0.1, -0.05) is 13.8 Å². The van der Waals surface area contributed by atoms with Crippen LogP contribution in [0.25, 0.3) is 22.1 Å². The highest BCUT2D eigenvalue weighted by molar-refractivity contribution is 5.87. The maximum atomic E-state index is 11.0. The number of aldehydes is 1. The van der Waals surface area contributed by atoms with E-state index in [0.717, 1.165) is 79.0 Å². The minimum atomic E-state index is -0.527. The Morgan fingerprint density at radius 3 is 2.51 bits per heavy atom. The maximum Gasteiger partial charge on any atom is 0.150 e. The van der Waals surface area contributed by atoms with Crippen LogP contribution in [0.15, 0.2) is 36.8 Å². The summed E-state index contributed by atoms with van der Waals surface area (Å²) in [7, 11) is 2.11. The third kappa shape index (κ3) is 5.72. The molecule has 10 nitrogen and oxygen atoms in total. The van der Waals surface area contributed by atoms with Gasteiger partial charge in [0.15, 0.2) is 0 Å². The highest BCUT2D eigenvalue weighted by Crippen LogP contribution is 2.33. The van der Waals surface area contributed by atoms with Gasteiger partial charge in [0.05, 0.1) is 22.0 Å². The second-order valence-corrected chi connectivity index (χ2v) is 8.55. The van der Waals surface area contributed by atoms with E-state index in [1.807, 2.05) is 25.1 Å². The van der Waals surface area contributed by atoms with Gasteiger partial charge >= 0.3 is 0 Å². The number of rotatable bonds is 5. The van der Waals surface area contributed by atoms with Crippen LogP contribution in [0.5, 0.6) is 0 Å². The second-order valence-electron chi connectivity index (χ2n) is 8.55. The van der Waals surface area contributed by atoms with Gasteiger partial charge in [0.25, 0.3) is 0 Å². The molecule has 0 bridgehead atoms. The number of carbonyl (C=O) groups excluding carboxylic acids is 2. The SMILES string of the molecule is C=O.CCN(C)CC.NC1(c2nc3ccc(C=O)cc3[nH]2)CCN(c2ncnc3[nH]ccc23)CC1. The number of fused-ring (bicyclic) bond motifs is 2. The molecule has 0 radical (unpaired) electrons. The predicted octanol–water partition coefficient (Wildman–Crippen LogP) is 2.87. The Labute approximate surface area is 204 Å². The average molecular weight is 479 g/mol. The monoisotopic (exact) mass is 478 g/mol. The van der Waals surface area contributed by atoms with Gasteiger partial charge in [-0.15, -0.1) is 0 Å². The van der Waals surface area contributed by atoms with Crippen LogP contribution in [0.3, 0.4) is 0 Å². The minimum absolute atomic E-state index is 0.527. The van der Waals surface area contributed by atoms with E-state index in [0.29, 0.717) is 5.56 Å². The molecule has 0 saturated carbocycles. The Hall–Kier alpha value is -3.63. The number of aromatic amines is 2. The quantitative estimate of drug-likeness (QED) is 0.372. The van der Waals surface area contributed by atoms with Crippen LogP contribution in [0, 0.1) is 0 Å². The van der Waals surface area contributed by atoms with Gasteiger partial charge in [-0.2, -0.15) is 0 Å². The van der Waals surface area contributed by atoms with E-state index < -0.39 is 5.54 Å². The first-order chi connectivity index (χ1) is 17.0. The Kier molecular flexibility index (Phi) is 8.67. The Morgan fingerprint density at radius 2 is 1.89 bits per heavy atom. The van der Waals surface area contributed by atoms with Gasteiger partial charge in [-0.05, 0) is 57.2 Å². The van der Waals surface area contributed by atoms with E-state index in [4.69, 9.17) is 10.5 Å². The van der Waals surface area contributed by atoms with Gasteiger partial charge in [0.1, 0.15) is 36.7 Å². The number of hydrogen-bond acceptors (Lipinski definition) is 8. The van der Waals surface area contributed by atoms with Crippen LogP contribution in [-0.4, -0.2) is 76.1 Å². The molecule has 35 heavy (non-hydrogen) atoms. The van der Waals surface area contributed by atoms with Crippen LogP contribution in [0.4, 0.5) is 5.82 Å². The fourth-order valence-corrected chi connectivity index (χ4v) is 4.02. The van der Waals surface area contributed by atoms with Crippen molar-refractivity contribution in [2.45, 2.75) is 32.2 Å². The lowest BCUT2D eigenvalue weighted by atomic mass is 9.88. The van der Waals surface area contributed by atoms with Gasteiger partial charge in [0.2, 0.25) is 0 Å². The third-order valence-corrected chi connectivity index (χ3v) is 6.48. The molecular formula is C25H34N8O2. The summed E-state index contributed by atoms with van der Waals surface area (Å²) in [6.07, 6.45) is 5.80. The van der Waals surface area contributed by atoms with E-state index in [-0.39, 0.29) is 0 Å². The second kappa shape index (κ2) is 11.7. The summed E-state index contributed by atoms with van der Waals surface area (Å²) in [4.78, 5) is 43.3. The highest BCUT2D eigenvalue weighted by Gasteiger charge is 2.36. The van der Waals surface area contributed by atoms with Crippen LogP contribution in [0.1, 0.15) is 42.9 Å². The van der Waals surface area contributed by atoms with Gasteiger partial charge in [-0.3, -0.25) is 4.79 Å². The molecule has 1 aromatic carbocycles. The van der Waals surface area contributed by atoms with Crippen molar-refractivity contribution >= 4 is 41.0 Å². The molecule has 1 fully saturated rings. The number of benzene rings is 1. The molecule has 5 rings (SSSR count). The summed E-state index contributed by atoms with van der Waals surface area (Å²) >= 11 is 0. The maximum absolute atomic E-state index is 11.0. The number of nitrogens with one attached hydrogen (secondary N) is 2. The summed E-state index contributed by atoms with van der Waals surface area (Å²) in [6.45, 7) is 10.2. The zero-order valence-corrected chi connectivity index (χ0v) is 20.6. The molecule has 0 spiro atoms. The van der Waals surface area contributed by atoms with E-state index in [9.17, 15) is 4.79 Å². The smallest absolute Gasteiger partial charge is 0.150 e. The first kappa shape index (κ1) is 26.0. The molecule has 1 aliphatic rings. The molecule has 1 saturated heterocycles. The zero-order valence-electron chi connectivity index (χ0n) is 20.6. The summed E-state index contributed by atoms with van der Waals surface area (Å²) in [6, 6.07) is 7.42. The third-order valence-electron chi connectivity index (χ3n) is 6.48. The molecule has 4 heterocycles. The number of H-pyrrole nitrogens is 2. The summed E-state index contributed by atoms with van der Waals surface area (Å²) in [5.41, 5.74) is 9.32. The lowest BCUT2D eigenvalue weighted by Gasteiger charge is -2.38. The van der Waals surface area contributed by atoms with Crippen molar-refractivity contribution < 1.29 is 9.59 Å². The molecule has 0 atom stereocenters. The number of imidazole rings is 1. The molecule has 186 valence electrons. The van der Waals surface area contributed by atoms with Gasteiger partial charge < -0.3 is 30.3 Å². The van der Waals surface area contributed by atoms with Crippen molar-refractivity contribution in [2.75, 3.05) is 38.1 Å². The van der Waals surface area contributed by atoms with Crippen molar-refractivity contribution in [1.82, 2.24) is 29.8 Å². The number of piperidine rings is 1. The molecule has 0 aliphatic carbocycles. The highest BCUT2D eigenvalue weighted by atomic mass is 16.1. The fourth-order valence-electron chi connectivity index (χ4n) is 4.02. The molecule has 3 aromatic heterocycles. The van der Waals surface area contributed by atoms with Crippen LogP contribution in [-0.2, 0) is 10.3 Å². The van der Waals surface area contributed by atoms with Crippen LogP contribution in [0.2, 0.25) is 0 Å². The normalized spacial score (nSPS) is 14.8. The van der Waals surface area contributed by atoms with Crippen LogP contribution >= 0.6 is 0 Å². The summed E-state index contributed by atoms with van der Waals surface area (Å²) < 4.78 is 0. The van der Waals surface area contributed by atoms with Crippen molar-refractivity contribution in [2.24, 2.45) is 5.73 Å². The predicted molar refractivity (Wildman–Crippen MR) is 139 cm³/mol. The topological polar surface area (TPSA) is 137 Å². The summed E-state index contributed by atoms with van der Waals surface area (Å²) in [5.74, 6) is 1.71. The van der Waals surface area contributed by atoms with Crippen LogP contribution < -0.4 is 10.6 Å². The molecule has 1 aliphatic heterocycles. The first-order valence-electron chi connectivity index (χ1n) is 11.7. The van der Waals surface area contributed by atoms with Crippen molar-refractivity contribution in [3.63, 3.8) is 0 Å². The lowest BCUT2D eigenvalue weighted by molar-refractivity contribution is -0.0980. The number of nitrogens with two attached hydrogens (primary N) is 1. The van der Waals surface area contributed by atoms with E-state index in [2.05, 4.69) is 55.6 Å². The fraction of sp³-hybridized carbons (Fsp3) is 0.400. The Bertz CT molecular complexity index is 1240. The summed E-state index contributed by atoms with van der Waals surface area (Å²) in [5, 5.41) is 1.02. The number of nitrogens with zero attached hydrogens (tertiary/aromatic N) is 5. The Morgan fingerprint density at radius 1 is 1.17 bits per heavy atom. The van der Waals surface area contributed by atoms with Gasteiger partial charge in [-0.25, -0.2) is 15.0 Å². The van der Waals surface area contributed by atoms with Crippen molar-refractivity contribution in [1.29, 1.82) is 0 Å². The molecule has 4 N–H and O–H groups in total. The number of anilines is 1. The van der Waals surface area contributed by atoms with E-state index in [1.165, 1.54) is 0 Å². The number of carbonyl (C=O) groups is 2. The Balaban J connectivity index is 0.000000377. The average Bonchev–Trinajstić information content (AvgIpc) is 3.57.